The average molecular weight is 196 g/mol. The van der Waals surface area contributed by atoms with Crippen LogP contribution in [-0.4, -0.2) is 16.9 Å². The van der Waals surface area contributed by atoms with Crippen LogP contribution in [0.1, 0.15) is 32.6 Å². The van der Waals surface area contributed by atoms with Crippen LogP contribution < -0.4 is 0 Å². The number of hydrogen-bond acceptors (Lipinski definition) is 2. The molecule has 1 rings (SSSR count). The molecule has 1 fully saturated rings. The number of carboxylic acid groups (broad SMARTS) is 1. The molecule has 0 spiro atoms. The van der Waals surface area contributed by atoms with Crippen LogP contribution >= 0.6 is 0 Å². The molecule has 1 N–H and O–H groups in total. The topological polar surface area (TPSA) is 54.4 Å². The van der Waals surface area contributed by atoms with E-state index in [4.69, 9.17) is 5.11 Å². The molecule has 0 amide bonds. The molecule has 1 aliphatic carbocycles. The summed E-state index contributed by atoms with van der Waals surface area (Å²) in [6.07, 6.45) is 3.89. The number of carbonyl (C=O) groups is 2. The third kappa shape index (κ3) is 2.03. The van der Waals surface area contributed by atoms with Gasteiger partial charge in [-0.25, -0.2) is 0 Å². The molecule has 0 unspecified atom stereocenters. The summed E-state index contributed by atoms with van der Waals surface area (Å²) in [5.41, 5.74) is -0.326. The van der Waals surface area contributed by atoms with Crippen molar-refractivity contribution in [2.24, 2.45) is 11.3 Å². The fourth-order valence-electron chi connectivity index (χ4n) is 2.13. The van der Waals surface area contributed by atoms with Crippen LogP contribution in [0.15, 0.2) is 12.7 Å². The van der Waals surface area contributed by atoms with Crippen molar-refractivity contribution in [1.82, 2.24) is 0 Å². The Morgan fingerprint density at radius 3 is 2.93 bits per heavy atom. The Bertz CT molecular complexity index is 270. The van der Waals surface area contributed by atoms with Crippen LogP contribution in [-0.2, 0) is 9.59 Å². The number of carbonyl (C=O) groups excluding carboxylic acids is 1. The molecular formula is C11H16O3. The second-order valence-corrected chi connectivity index (χ2v) is 4.18. The zero-order valence-corrected chi connectivity index (χ0v) is 8.45. The Balaban J connectivity index is 2.86. The highest BCUT2D eigenvalue weighted by atomic mass is 16.4. The molecular weight excluding hydrogens is 180 g/mol. The third-order valence-electron chi connectivity index (χ3n) is 3.17. The van der Waals surface area contributed by atoms with E-state index in [0.717, 1.165) is 12.8 Å². The van der Waals surface area contributed by atoms with Gasteiger partial charge < -0.3 is 5.11 Å². The van der Waals surface area contributed by atoms with Crippen molar-refractivity contribution in [1.29, 1.82) is 0 Å². The van der Waals surface area contributed by atoms with E-state index in [-0.39, 0.29) is 23.5 Å². The minimum Gasteiger partial charge on any atom is -0.481 e. The first-order valence-corrected chi connectivity index (χ1v) is 4.88. The Morgan fingerprint density at radius 2 is 2.43 bits per heavy atom. The number of Topliss-reactive ketones (excluding diaryl/α,β-unsaturated/α-hetero) is 1. The van der Waals surface area contributed by atoms with Gasteiger partial charge in [-0.1, -0.05) is 13.0 Å². The van der Waals surface area contributed by atoms with Gasteiger partial charge in [-0.3, -0.25) is 9.59 Å². The molecule has 3 nitrogen and oxygen atoms in total. The number of carboxylic acids is 1. The molecule has 2 atom stereocenters. The van der Waals surface area contributed by atoms with Gasteiger partial charge in [0.2, 0.25) is 0 Å². The van der Waals surface area contributed by atoms with Crippen molar-refractivity contribution in [2.75, 3.05) is 0 Å². The lowest BCUT2D eigenvalue weighted by Gasteiger charge is -2.37. The quantitative estimate of drug-likeness (QED) is 0.702. The van der Waals surface area contributed by atoms with Crippen molar-refractivity contribution >= 4 is 11.8 Å². The van der Waals surface area contributed by atoms with E-state index in [2.05, 4.69) is 6.58 Å². The first kappa shape index (κ1) is 11.0. The predicted molar refractivity (Wildman–Crippen MR) is 52.9 cm³/mol. The van der Waals surface area contributed by atoms with E-state index in [1.807, 2.05) is 6.92 Å². The lowest BCUT2D eigenvalue weighted by molar-refractivity contribution is -0.143. The van der Waals surface area contributed by atoms with Gasteiger partial charge in [-0.05, 0) is 18.3 Å². The van der Waals surface area contributed by atoms with Crippen LogP contribution in [0.3, 0.4) is 0 Å². The van der Waals surface area contributed by atoms with E-state index in [9.17, 15) is 9.59 Å². The van der Waals surface area contributed by atoms with Crippen molar-refractivity contribution in [3.63, 3.8) is 0 Å². The number of aliphatic carboxylic acids is 1. The summed E-state index contributed by atoms with van der Waals surface area (Å²) in [7, 11) is 0. The summed E-state index contributed by atoms with van der Waals surface area (Å²) in [4.78, 5) is 22.2. The average Bonchev–Trinajstić information content (AvgIpc) is 2.12. The van der Waals surface area contributed by atoms with Gasteiger partial charge in [0.25, 0.3) is 0 Å². The second kappa shape index (κ2) is 3.95. The van der Waals surface area contributed by atoms with E-state index in [0.29, 0.717) is 6.42 Å². The molecule has 0 aromatic carbocycles. The lowest BCUT2D eigenvalue weighted by Crippen LogP contribution is -2.37. The molecule has 1 aliphatic rings. The Labute approximate surface area is 83.8 Å². The fraction of sp³-hybridized carbons (Fsp3) is 0.636. The van der Waals surface area contributed by atoms with Gasteiger partial charge in [0.15, 0.2) is 0 Å². The largest absolute Gasteiger partial charge is 0.481 e. The summed E-state index contributed by atoms with van der Waals surface area (Å²) in [5.74, 6) is -1.22. The maximum Gasteiger partial charge on any atom is 0.304 e. The molecule has 0 heterocycles. The maximum absolute atomic E-state index is 11.6. The number of ketones is 1. The maximum atomic E-state index is 11.6. The molecule has 0 radical (unpaired) electrons. The molecule has 0 bridgehead atoms. The second-order valence-electron chi connectivity index (χ2n) is 4.18. The highest BCUT2D eigenvalue weighted by Crippen LogP contribution is 2.41. The molecule has 0 aromatic heterocycles. The van der Waals surface area contributed by atoms with Gasteiger partial charge in [0.05, 0.1) is 6.42 Å². The van der Waals surface area contributed by atoms with Gasteiger partial charge >= 0.3 is 5.97 Å². The summed E-state index contributed by atoms with van der Waals surface area (Å²) in [5, 5.41) is 8.72. The number of allylic oxidation sites excluding steroid dienone is 1. The van der Waals surface area contributed by atoms with Gasteiger partial charge in [0.1, 0.15) is 5.78 Å². The SMILES string of the molecule is C=C[C@]1(C)CCCC(=O)[C@H]1CC(=O)O. The molecule has 0 aliphatic heterocycles. The normalized spacial score (nSPS) is 32.6. The molecule has 0 aromatic rings. The number of rotatable bonds is 3. The molecule has 14 heavy (non-hydrogen) atoms. The number of hydrogen-bond donors (Lipinski definition) is 1. The zero-order valence-electron chi connectivity index (χ0n) is 8.45. The predicted octanol–water partition coefficient (Wildman–Crippen LogP) is 2.02. The minimum atomic E-state index is -0.904. The first-order valence-electron chi connectivity index (χ1n) is 4.88. The highest BCUT2D eigenvalue weighted by Gasteiger charge is 2.40. The van der Waals surface area contributed by atoms with Crippen LogP contribution in [0.25, 0.3) is 0 Å². The lowest BCUT2D eigenvalue weighted by atomic mass is 9.66. The van der Waals surface area contributed by atoms with Gasteiger partial charge in [-0.2, -0.15) is 0 Å². The van der Waals surface area contributed by atoms with Crippen molar-refractivity contribution in [2.45, 2.75) is 32.6 Å². The summed E-state index contributed by atoms with van der Waals surface area (Å²) < 4.78 is 0. The highest BCUT2D eigenvalue weighted by molar-refractivity contribution is 5.86. The third-order valence-corrected chi connectivity index (χ3v) is 3.17. The van der Waals surface area contributed by atoms with Crippen molar-refractivity contribution < 1.29 is 14.7 Å². The standard InChI is InChI=1S/C11H16O3/c1-3-11(2)6-4-5-9(12)8(11)7-10(13)14/h3,8H,1,4-7H2,2H3,(H,13,14)/t8-,11-/m1/s1. The Hall–Kier alpha value is -1.12. The Morgan fingerprint density at radius 1 is 1.79 bits per heavy atom. The zero-order chi connectivity index (χ0) is 10.8. The van der Waals surface area contributed by atoms with Crippen LogP contribution in [0.2, 0.25) is 0 Å². The smallest absolute Gasteiger partial charge is 0.304 e. The van der Waals surface area contributed by atoms with Gasteiger partial charge in [-0.15, -0.1) is 6.58 Å². The first-order chi connectivity index (χ1) is 6.49. The molecule has 1 saturated carbocycles. The van der Waals surface area contributed by atoms with Gasteiger partial charge in [0, 0.05) is 12.3 Å². The van der Waals surface area contributed by atoms with Crippen molar-refractivity contribution in [3.05, 3.63) is 12.7 Å². The molecule has 3 heteroatoms. The fourth-order valence-corrected chi connectivity index (χ4v) is 2.13. The minimum absolute atomic E-state index is 0.0681. The van der Waals surface area contributed by atoms with Crippen molar-refractivity contribution in [3.8, 4) is 0 Å². The van der Waals surface area contributed by atoms with E-state index >= 15 is 0 Å². The molecule has 78 valence electrons. The Kier molecular flexibility index (Phi) is 3.09. The van der Waals surface area contributed by atoms with Crippen LogP contribution in [0.4, 0.5) is 0 Å². The van der Waals surface area contributed by atoms with E-state index in [1.54, 1.807) is 6.08 Å². The summed E-state index contributed by atoms with van der Waals surface area (Å²) >= 11 is 0. The summed E-state index contributed by atoms with van der Waals surface area (Å²) in [6.45, 7) is 5.62. The van der Waals surface area contributed by atoms with Crippen LogP contribution in [0.5, 0.6) is 0 Å². The van der Waals surface area contributed by atoms with Crippen LogP contribution in [0, 0.1) is 11.3 Å². The monoisotopic (exact) mass is 196 g/mol. The molecule has 0 saturated heterocycles. The summed E-state index contributed by atoms with van der Waals surface area (Å²) in [6, 6.07) is 0. The van der Waals surface area contributed by atoms with E-state index in [1.165, 1.54) is 0 Å². The van der Waals surface area contributed by atoms with E-state index < -0.39 is 5.97 Å².